The molecule has 16 aromatic rings. The molecule has 5 heteroatoms. The van der Waals surface area contributed by atoms with E-state index < -0.39 is 0 Å². The second-order valence-corrected chi connectivity index (χ2v) is 22.2. The summed E-state index contributed by atoms with van der Waals surface area (Å²) < 4.78 is 7.50. The highest BCUT2D eigenvalue weighted by Gasteiger charge is 2.28. The van der Waals surface area contributed by atoms with Gasteiger partial charge in [0.15, 0.2) is 5.82 Å². The molecule has 84 heavy (non-hydrogen) atoms. The van der Waals surface area contributed by atoms with Crippen molar-refractivity contribution in [2.75, 3.05) is 0 Å². The van der Waals surface area contributed by atoms with Gasteiger partial charge in [0.1, 0.15) is 0 Å². The fourth-order valence-corrected chi connectivity index (χ4v) is 13.7. The summed E-state index contributed by atoms with van der Waals surface area (Å²) in [5.74, 6) is 0.660. The SMILES string of the molecule is Cc1cc(C)c(-c2ccc3c(c2)c2ccccc2n3-c2c(-c3ccccc3-n3c4ccccc4c4ccccc43)cc(-c3cc(-c4ccccc4)nc(-c4ccccc4)n3)cc2-c2ccccc2-n2c3ccccc3c3ccccc32)c(C)c1. The zero-order valence-electron chi connectivity index (χ0n) is 46.8. The van der Waals surface area contributed by atoms with E-state index in [2.05, 4.69) is 307 Å². The van der Waals surface area contributed by atoms with Crippen molar-refractivity contribution in [3.05, 3.63) is 296 Å². The van der Waals surface area contributed by atoms with E-state index in [9.17, 15) is 0 Å². The largest absolute Gasteiger partial charge is 0.309 e. The second-order valence-electron chi connectivity index (χ2n) is 22.2. The number of para-hydroxylation sites is 7. The summed E-state index contributed by atoms with van der Waals surface area (Å²) in [6, 6.07) is 102. The molecule has 0 fully saturated rings. The Bertz CT molecular complexity index is 4920. The number of rotatable bonds is 9. The lowest BCUT2D eigenvalue weighted by Crippen LogP contribution is -2.06. The van der Waals surface area contributed by atoms with Gasteiger partial charge >= 0.3 is 0 Å². The summed E-state index contributed by atoms with van der Waals surface area (Å²) in [6.07, 6.45) is 0. The van der Waals surface area contributed by atoms with Crippen LogP contribution in [0.15, 0.2) is 279 Å². The molecular weight excluding hydrogens is 1020 g/mol. The number of hydrogen-bond donors (Lipinski definition) is 0. The van der Waals surface area contributed by atoms with Crippen LogP contribution in [0, 0.1) is 20.8 Å². The zero-order valence-corrected chi connectivity index (χ0v) is 46.8. The summed E-state index contributed by atoms with van der Waals surface area (Å²) in [5, 5.41) is 7.19. The minimum Gasteiger partial charge on any atom is -0.309 e. The summed E-state index contributed by atoms with van der Waals surface area (Å²) in [6.45, 7) is 6.68. The minimum absolute atomic E-state index is 0.660. The van der Waals surface area contributed by atoms with Crippen LogP contribution in [0.4, 0.5) is 0 Å². The molecule has 0 aliphatic rings. The molecule has 0 N–H and O–H groups in total. The first-order valence-electron chi connectivity index (χ1n) is 28.9. The molecule has 0 bridgehead atoms. The molecule has 0 unspecified atom stereocenters. The number of hydrogen-bond acceptors (Lipinski definition) is 2. The molecule has 0 aliphatic carbocycles. The molecule has 0 aliphatic heterocycles. The Hall–Kier alpha value is -10.9. The third-order valence-electron chi connectivity index (χ3n) is 17.1. The van der Waals surface area contributed by atoms with E-state index in [-0.39, 0.29) is 0 Å². The van der Waals surface area contributed by atoms with Gasteiger partial charge in [-0.1, -0.05) is 212 Å². The smallest absolute Gasteiger partial charge is 0.160 e. The van der Waals surface area contributed by atoms with E-state index in [0.717, 1.165) is 100 Å². The number of aryl methyl sites for hydroxylation is 3. The average molecular weight is 1070 g/mol. The van der Waals surface area contributed by atoms with Gasteiger partial charge in [0.05, 0.1) is 61.6 Å². The van der Waals surface area contributed by atoms with Crippen LogP contribution in [-0.2, 0) is 0 Å². The van der Waals surface area contributed by atoms with Crippen LogP contribution in [-0.4, -0.2) is 23.7 Å². The lowest BCUT2D eigenvalue weighted by atomic mass is 9.90. The molecule has 0 radical (unpaired) electrons. The maximum atomic E-state index is 5.60. The highest BCUT2D eigenvalue weighted by molar-refractivity contribution is 6.14. The normalized spacial score (nSPS) is 11.8. The fraction of sp³-hybridized carbons (Fsp3) is 0.0380. The first-order chi connectivity index (χ1) is 41.4. The van der Waals surface area contributed by atoms with Gasteiger partial charge < -0.3 is 13.7 Å². The highest BCUT2D eigenvalue weighted by Crippen LogP contribution is 2.49. The van der Waals surface area contributed by atoms with Gasteiger partial charge in [-0.3, -0.25) is 0 Å². The maximum absolute atomic E-state index is 5.60. The monoisotopic (exact) mass is 1070 g/mol. The second kappa shape index (κ2) is 19.7. The van der Waals surface area contributed by atoms with E-state index in [1.807, 2.05) is 6.07 Å². The topological polar surface area (TPSA) is 40.6 Å². The first kappa shape index (κ1) is 49.0. The number of aromatic nitrogens is 5. The minimum atomic E-state index is 0.660. The Kier molecular flexibility index (Phi) is 11.5. The zero-order chi connectivity index (χ0) is 56.0. The van der Waals surface area contributed by atoms with E-state index in [4.69, 9.17) is 9.97 Å². The Labute approximate surface area is 487 Å². The van der Waals surface area contributed by atoms with Crippen molar-refractivity contribution in [2.45, 2.75) is 20.8 Å². The Morgan fingerprint density at radius 3 is 1.13 bits per heavy atom. The molecule has 4 aromatic heterocycles. The predicted octanol–water partition coefficient (Wildman–Crippen LogP) is 20.7. The molecule has 0 amide bonds. The van der Waals surface area contributed by atoms with Crippen LogP contribution in [0.5, 0.6) is 0 Å². The quantitative estimate of drug-likeness (QED) is 0.145. The van der Waals surface area contributed by atoms with Crippen LogP contribution >= 0.6 is 0 Å². The lowest BCUT2D eigenvalue weighted by molar-refractivity contribution is 1.15. The van der Waals surface area contributed by atoms with Crippen LogP contribution in [0.25, 0.3) is 150 Å². The molecule has 0 spiro atoms. The third-order valence-corrected chi connectivity index (χ3v) is 17.1. The van der Waals surface area contributed by atoms with Crippen molar-refractivity contribution in [2.24, 2.45) is 0 Å². The van der Waals surface area contributed by atoms with Gasteiger partial charge in [-0.25, -0.2) is 9.97 Å². The summed E-state index contributed by atoms with van der Waals surface area (Å²) >= 11 is 0. The molecule has 4 heterocycles. The van der Waals surface area contributed by atoms with Crippen LogP contribution in [0.1, 0.15) is 16.7 Å². The molecule has 16 rings (SSSR count). The van der Waals surface area contributed by atoms with E-state index in [0.29, 0.717) is 5.82 Å². The van der Waals surface area contributed by atoms with Gasteiger partial charge in [-0.15, -0.1) is 0 Å². The van der Waals surface area contributed by atoms with Gasteiger partial charge in [-0.05, 0) is 116 Å². The van der Waals surface area contributed by atoms with Crippen LogP contribution in [0.3, 0.4) is 0 Å². The lowest BCUT2D eigenvalue weighted by Gasteiger charge is -2.24. The van der Waals surface area contributed by atoms with Gasteiger partial charge in [0, 0.05) is 71.3 Å². The molecule has 12 aromatic carbocycles. The molecule has 396 valence electrons. The Morgan fingerprint density at radius 1 is 0.262 bits per heavy atom. The van der Waals surface area contributed by atoms with E-state index in [1.54, 1.807) is 0 Å². The van der Waals surface area contributed by atoms with Crippen LogP contribution in [0.2, 0.25) is 0 Å². The predicted molar refractivity (Wildman–Crippen MR) is 352 cm³/mol. The van der Waals surface area contributed by atoms with E-state index in [1.165, 1.54) is 60.1 Å². The van der Waals surface area contributed by atoms with Crippen LogP contribution < -0.4 is 0 Å². The van der Waals surface area contributed by atoms with Crippen molar-refractivity contribution < 1.29 is 0 Å². The molecule has 0 saturated carbocycles. The Morgan fingerprint density at radius 2 is 0.643 bits per heavy atom. The molecular formula is C79H55N5. The van der Waals surface area contributed by atoms with Gasteiger partial charge in [0.2, 0.25) is 0 Å². The number of nitrogens with zero attached hydrogens (tertiary/aromatic N) is 5. The molecule has 0 atom stereocenters. The van der Waals surface area contributed by atoms with Crippen molar-refractivity contribution in [1.82, 2.24) is 23.7 Å². The van der Waals surface area contributed by atoms with Gasteiger partial charge in [-0.2, -0.15) is 0 Å². The first-order valence-corrected chi connectivity index (χ1v) is 28.9. The average Bonchev–Trinajstić information content (AvgIpc) is 1.78. The summed E-state index contributed by atoms with van der Waals surface area (Å²) in [5.41, 5.74) is 25.1. The highest BCUT2D eigenvalue weighted by atomic mass is 15.0. The third kappa shape index (κ3) is 7.85. The number of benzene rings is 12. The van der Waals surface area contributed by atoms with E-state index >= 15 is 0 Å². The van der Waals surface area contributed by atoms with Gasteiger partial charge in [0.25, 0.3) is 0 Å². The van der Waals surface area contributed by atoms with Crippen molar-refractivity contribution in [3.63, 3.8) is 0 Å². The summed E-state index contributed by atoms with van der Waals surface area (Å²) in [4.78, 5) is 10.9. The fourth-order valence-electron chi connectivity index (χ4n) is 13.7. The van der Waals surface area contributed by atoms with Crippen molar-refractivity contribution in [3.8, 4) is 84.3 Å². The molecule has 0 saturated heterocycles. The van der Waals surface area contributed by atoms with Crippen molar-refractivity contribution >= 4 is 65.4 Å². The molecule has 5 nitrogen and oxygen atoms in total. The Balaban J connectivity index is 1.09. The summed E-state index contributed by atoms with van der Waals surface area (Å²) in [7, 11) is 0. The van der Waals surface area contributed by atoms with Crippen molar-refractivity contribution in [1.29, 1.82) is 0 Å². The standard InChI is InChI=1S/C79H55N5/c1-50-44-51(2)77(52(3)45-50)55-42-43-76-64(46-55)61-32-14-23-41-75(61)84(76)78-65(62-33-15-21-39-73(62)82-69-35-17-10-28-57(69)58-29-11-18-36-70(58)82)47-56(68-49-67(53-24-6-4-7-25-53)80-79(81-68)54-26-8-5-9-27-54)48-66(78)63-34-16-22-40-74(63)83-71-37-19-12-30-59(71)60-31-13-20-38-72(60)83/h4-49H,1-3H3. The maximum Gasteiger partial charge on any atom is 0.160 e. The number of fused-ring (bicyclic) bond motifs is 9.